The van der Waals surface area contributed by atoms with Crippen molar-refractivity contribution >= 4 is 6.09 Å². The van der Waals surface area contributed by atoms with E-state index in [2.05, 4.69) is 5.32 Å². The largest absolute Gasteiger partial charge is 0.444 e. The zero-order valence-electron chi connectivity index (χ0n) is 9.36. The molecule has 88 valence electrons. The van der Waals surface area contributed by atoms with E-state index in [1.807, 2.05) is 0 Å². The molecule has 1 saturated carbocycles. The first kappa shape index (κ1) is 12.3. The van der Waals surface area contributed by atoms with Gasteiger partial charge in [0.05, 0.1) is 12.2 Å². The second-order valence-corrected chi connectivity index (χ2v) is 4.95. The number of aliphatic hydroxyl groups excluding tert-OH is 2. The SMILES string of the molecule is CC(C)(C)OC(=O)N[C@@H]1C[C@@H](O)[C@@H](O)C1. The Morgan fingerprint density at radius 3 is 2.13 bits per heavy atom. The zero-order valence-corrected chi connectivity index (χ0v) is 9.36. The smallest absolute Gasteiger partial charge is 0.407 e. The number of hydrogen-bond acceptors (Lipinski definition) is 4. The quantitative estimate of drug-likeness (QED) is 0.594. The Balaban J connectivity index is 2.34. The van der Waals surface area contributed by atoms with Crippen molar-refractivity contribution in [3.63, 3.8) is 0 Å². The third-order valence-corrected chi connectivity index (χ3v) is 2.22. The van der Waals surface area contributed by atoms with Crippen molar-refractivity contribution in [2.75, 3.05) is 0 Å². The van der Waals surface area contributed by atoms with Crippen molar-refractivity contribution in [3.05, 3.63) is 0 Å². The van der Waals surface area contributed by atoms with Crippen LogP contribution < -0.4 is 5.32 Å². The summed E-state index contributed by atoms with van der Waals surface area (Å²) in [6, 6.07) is -0.204. The van der Waals surface area contributed by atoms with Gasteiger partial charge in [-0.05, 0) is 33.6 Å². The molecule has 0 bridgehead atoms. The van der Waals surface area contributed by atoms with Crippen molar-refractivity contribution < 1.29 is 19.7 Å². The molecule has 0 aromatic rings. The molecule has 1 fully saturated rings. The summed E-state index contributed by atoms with van der Waals surface area (Å²) in [5.41, 5.74) is -0.528. The fraction of sp³-hybridized carbons (Fsp3) is 0.900. The molecule has 5 heteroatoms. The van der Waals surface area contributed by atoms with Crippen molar-refractivity contribution in [1.82, 2.24) is 5.32 Å². The van der Waals surface area contributed by atoms with Gasteiger partial charge in [-0.15, -0.1) is 0 Å². The van der Waals surface area contributed by atoms with Crippen molar-refractivity contribution in [1.29, 1.82) is 0 Å². The molecule has 0 aromatic heterocycles. The van der Waals surface area contributed by atoms with Crippen molar-refractivity contribution in [2.45, 2.75) is 57.5 Å². The van der Waals surface area contributed by atoms with Gasteiger partial charge in [-0.2, -0.15) is 0 Å². The molecule has 1 aliphatic carbocycles. The molecule has 0 heterocycles. The third-order valence-electron chi connectivity index (χ3n) is 2.22. The molecule has 0 unspecified atom stereocenters. The number of hydrogen-bond donors (Lipinski definition) is 3. The number of rotatable bonds is 1. The monoisotopic (exact) mass is 217 g/mol. The van der Waals surface area contributed by atoms with E-state index in [1.165, 1.54) is 0 Å². The highest BCUT2D eigenvalue weighted by molar-refractivity contribution is 5.68. The van der Waals surface area contributed by atoms with Crippen LogP contribution in [0.1, 0.15) is 33.6 Å². The van der Waals surface area contributed by atoms with Crippen LogP contribution in [0, 0.1) is 0 Å². The van der Waals surface area contributed by atoms with Crippen LogP contribution in [0.5, 0.6) is 0 Å². The second-order valence-electron chi connectivity index (χ2n) is 4.95. The summed E-state index contributed by atoms with van der Waals surface area (Å²) in [6.45, 7) is 5.35. The summed E-state index contributed by atoms with van der Waals surface area (Å²) in [6.07, 6.45) is -1.25. The van der Waals surface area contributed by atoms with Crippen LogP contribution in [0.2, 0.25) is 0 Å². The summed E-state index contributed by atoms with van der Waals surface area (Å²) in [5.74, 6) is 0. The van der Waals surface area contributed by atoms with Gasteiger partial charge in [0.2, 0.25) is 0 Å². The van der Waals surface area contributed by atoms with Crippen LogP contribution in [0.4, 0.5) is 4.79 Å². The minimum Gasteiger partial charge on any atom is -0.444 e. The van der Waals surface area contributed by atoms with E-state index in [0.717, 1.165) is 0 Å². The van der Waals surface area contributed by atoms with E-state index in [9.17, 15) is 15.0 Å². The lowest BCUT2D eigenvalue weighted by Crippen LogP contribution is -2.38. The molecule has 1 amide bonds. The Morgan fingerprint density at radius 1 is 1.27 bits per heavy atom. The predicted octanol–water partition coefficient (Wildman–Crippen LogP) is 0.395. The number of carbonyl (C=O) groups excluding carboxylic acids is 1. The minimum absolute atomic E-state index is 0.204. The third kappa shape index (κ3) is 4.05. The van der Waals surface area contributed by atoms with Crippen molar-refractivity contribution in [3.8, 4) is 0 Å². The molecule has 1 rings (SSSR count). The highest BCUT2D eigenvalue weighted by Gasteiger charge is 2.33. The highest BCUT2D eigenvalue weighted by Crippen LogP contribution is 2.20. The molecular formula is C10H19NO4. The Morgan fingerprint density at radius 2 is 1.73 bits per heavy atom. The maximum atomic E-state index is 11.3. The van der Waals surface area contributed by atoms with E-state index < -0.39 is 23.9 Å². The lowest BCUT2D eigenvalue weighted by Gasteiger charge is -2.21. The molecule has 0 spiro atoms. The highest BCUT2D eigenvalue weighted by atomic mass is 16.6. The number of amides is 1. The van der Waals surface area contributed by atoms with Gasteiger partial charge in [0, 0.05) is 6.04 Å². The number of aliphatic hydroxyl groups is 2. The number of nitrogens with one attached hydrogen (secondary N) is 1. The average molecular weight is 217 g/mol. The van der Waals surface area contributed by atoms with E-state index in [1.54, 1.807) is 20.8 Å². The van der Waals surface area contributed by atoms with Gasteiger partial charge in [-0.3, -0.25) is 0 Å². The topological polar surface area (TPSA) is 78.8 Å². The van der Waals surface area contributed by atoms with Gasteiger partial charge >= 0.3 is 6.09 Å². The van der Waals surface area contributed by atoms with Crippen LogP contribution in [-0.2, 0) is 4.74 Å². The summed E-state index contributed by atoms with van der Waals surface area (Å²) in [5, 5.41) is 21.2. The number of carbonyl (C=O) groups is 1. The first-order valence-electron chi connectivity index (χ1n) is 5.13. The fourth-order valence-corrected chi connectivity index (χ4v) is 1.59. The molecule has 0 aromatic carbocycles. The second kappa shape index (κ2) is 4.37. The number of ether oxygens (including phenoxy) is 1. The summed E-state index contributed by atoms with van der Waals surface area (Å²) in [4.78, 5) is 11.3. The first-order valence-corrected chi connectivity index (χ1v) is 5.13. The van der Waals surface area contributed by atoms with Crippen LogP contribution in [0.25, 0.3) is 0 Å². The van der Waals surface area contributed by atoms with Crippen molar-refractivity contribution in [2.24, 2.45) is 0 Å². The molecule has 3 N–H and O–H groups in total. The Hall–Kier alpha value is -0.810. The molecular weight excluding hydrogens is 198 g/mol. The van der Waals surface area contributed by atoms with Crippen LogP contribution in [0.15, 0.2) is 0 Å². The van der Waals surface area contributed by atoms with Crippen LogP contribution in [0.3, 0.4) is 0 Å². The Labute approximate surface area is 89.4 Å². The lowest BCUT2D eigenvalue weighted by molar-refractivity contribution is 0.0438. The van der Waals surface area contributed by atoms with Crippen LogP contribution in [-0.4, -0.2) is 40.2 Å². The fourth-order valence-electron chi connectivity index (χ4n) is 1.59. The van der Waals surface area contributed by atoms with E-state index >= 15 is 0 Å². The zero-order chi connectivity index (χ0) is 11.6. The molecule has 1 aliphatic rings. The molecule has 5 nitrogen and oxygen atoms in total. The molecule has 0 saturated heterocycles. The Bertz CT molecular complexity index is 226. The van der Waals surface area contributed by atoms with Gasteiger partial charge in [0.1, 0.15) is 5.60 Å². The van der Waals surface area contributed by atoms with Gasteiger partial charge in [-0.25, -0.2) is 4.79 Å². The minimum atomic E-state index is -0.745. The maximum Gasteiger partial charge on any atom is 0.407 e. The summed E-state index contributed by atoms with van der Waals surface area (Å²) in [7, 11) is 0. The van der Waals surface area contributed by atoms with Crippen LogP contribution >= 0.6 is 0 Å². The van der Waals surface area contributed by atoms with Gasteiger partial charge in [0.25, 0.3) is 0 Å². The normalized spacial score (nSPS) is 31.4. The standard InChI is InChI=1S/C10H19NO4/c1-10(2,3)15-9(14)11-6-4-7(12)8(13)5-6/h6-8,12-13H,4-5H2,1-3H3,(H,11,14)/t6-,7-,8+. The lowest BCUT2D eigenvalue weighted by atomic mass is 10.2. The Kier molecular flexibility index (Phi) is 3.57. The summed E-state index contributed by atoms with van der Waals surface area (Å²) >= 11 is 0. The first-order chi connectivity index (χ1) is 6.78. The van der Waals surface area contributed by atoms with E-state index in [-0.39, 0.29) is 6.04 Å². The molecule has 0 radical (unpaired) electrons. The van der Waals surface area contributed by atoms with E-state index in [4.69, 9.17) is 4.74 Å². The molecule has 0 aliphatic heterocycles. The van der Waals surface area contributed by atoms with Gasteiger partial charge < -0.3 is 20.3 Å². The summed E-state index contributed by atoms with van der Waals surface area (Å²) < 4.78 is 5.06. The molecule has 3 atom stereocenters. The van der Waals surface area contributed by atoms with E-state index in [0.29, 0.717) is 12.8 Å². The van der Waals surface area contributed by atoms with Gasteiger partial charge in [0.15, 0.2) is 0 Å². The number of alkyl carbamates (subject to hydrolysis) is 1. The molecule has 15 heavy (non-hydrogen) atoms. The maximum absolute atomic E-state index is 11.3. The predicted molar refractivity (Wildman–Crippen MR) is 54.4 cm³/mol. The average Bonchev–Trinajstić information content (AvgIpc) is 2.26. The van der Waals surface area contributed by atoms with Gasteiger partial charge in [-0.1, -0.05) is 0 Å².